The predicted octanol–water partition coefficient (Wildman–Crippen LogP) is 3.41. The van der Waals surface area contributed by atoms with Gasteiger partial charge in [-0.1, -0.05) is 49.6 Å². The topological polar surface area (TPSA) is 46.3 Å². The van der Waals surface area contributed by atoms with E-state index >= 15 is 0 Å². The van der Waals surface area contributed by atoms with Crippen LogP contribution in [0.25, 0.3) is 0 Å². The van der Waals surface area contributed by atoms with Gasteiger partial charge in [0.2, 0.25) is 5.91 Å². The van der Waals surface area contributed by atoms with Gasteiger partial charge in [0.05, 0.1) is 0 Å². The van der Waals surface area contributed by atoms with Gasteiger partial charge in [-0.25, -0.2) is 0 Å². The minimum atomic E-state index is 0. The maximum atomic E-state index is 12.5. The Morgan fingerprint density at radius 1 is 1.09 bits per heavy atom. The maximum absolute atomic E-state index is 12.5. The van der Waals surface area contributed by atoms with E-state index in [9.17, 15) is 4.79 Å². The molecule has 0 spiro atoms. The van der Waals surface area contributed by atoms with Crippen molar-refractivity contribution in [3.63, 3.8) is 0 Å². The highest BCUT2D eigenvalue weighted by atomic mass is 35.5. The van der Waals surface area contributed by atoms with Crippen molar-refractivity contribution in [2.45, 2.75) is 44.9 Å². The number of carbonyl (C=O) groups is 1. The average molecular weight is 325 g/mol. The standard InChI is InChI=1S/C18H28N2O.ClH/c19-12-14-20(13-11-16-7-3-1-4-8-16)18(21)15-17-9-5-2-6-10-17;/h1,3-4,7-8,17H,2,5-6,9-15,19H2;1H. The Balaban J connectivity index is 0.00000242. The van der Waals surface area contributed by atoms with Crippen LogP contribution in [0.2, 0.25) is 0 Å². The van der Waals surface area contributed by atoms with E-state index < -0.39 is 0 Å². The molecule has 0 saturated heterocycles. The zero-order valence-electron chi connectivity index (χ0n) is 13.4. The van der Waals surface area contributed by atoms with Crippen LogP contribution in [0.1, 0.15) is 44.1 Å². The first-order chi connectivity index (χ1) is 10.3. The fourth-order valence-electron chi connectivity index (χ4n) is 3.19. The molecule has 1 amide bonds. The van der Waals surface area contributed by atoms with Gasteiger partial charge in [0.25, 0.3) is 0 Å². The molecule has 0 radical (unpaired) electrons. The molecule has 1 fully saturated rings. The highest BCUT2D eigenvalue weighted by Crippen LogP contribution is 2.26. The van der Waals surface area contributed by atoms with Crippen molar-refractivity contribution in [3.05, 3.63) is 35.9 Å². The number of hydrogen-bond donors (Lipinski definition) is 1. The predicted molar refractivity (Wildman–Crippen MR) is 94.2 cm³/mol. The number of halogens is 1. The molecule has 0 unspecified atom stereocenters. The van der Waals surface area contributed by atoms with Gasteiger partial charge in [-0.15, -0.1) is 12.4 Å². The lowest BCUT2D eigenvalue weighted by atomic mass is 9.86. The van der Waals surface area contributed by atoms with Crippen LogP contribution in [0.5, 0.6) is 0 Å². The van der Waals surface area contributed by atoms with E-state index in [1.54, 1.807) is 0 Å². The Kier molecular flexibility index (Phi) is 9.17. The Morgan fingerprint density at radius 2 is 1.77 bits per heavy atom. The van der Waals surface area contributed by atoms with E-state index in [4.69, 9.17) is 5.73 Å². The molecule has 2 rings (SSSR count). The third-order valence-corrected chi connectivity index (χ3v) is 4.45. The molecule has 0 bridgehead atoms. The molecule has 0 atom stereocenters. The fourth-order valence-corrected chi connectivity index (χ4v) is 3.19. The van der Waals surface area contributed by atoms with Crippen molar-refractivity contribution < 1.29 is 4.79 Å². The van der Waals surface area contributed by atoms with Crippen LogP contribution in [-0.2, 0) is 11.2 Å². The first kappa shape index (κ1) is 19.0. The molecule has 1 aromatic rings. The number of carbonyl (C=O) groups excluding carboxylic acids is 1. The molecule has 2 N–H and O–H groups in total. The Bertz CT molecular complexity index is 418. The van der Waals surface area contributed by atoms with Crippen LogP contribution < -0.4 is 5.73 Å². The summed E-state index contributed by atoms with van der Waals surface area (Å²) in [5.41, 5.74) is 6.96. The minimum absolute atomic E-state index is 0. The van der Waals surface area contributed by atoms with Crippen LogP contribution >= 0.6 is 12.4 Å². The second-order valence-electron chi connectivity index (χ2n) is 6.11. The van der Waals surface area contributed by atoms with Crippen molar-refractivity contribution in [3.8, 4) is 0 Å². The van der Waals surface area contributed by atoms with Gasteiger partial charge in [-0.05, 0) is 30.7 Å². The number of amides is 1. The summed E-state index contributed by atoms with van der Waals surface area (Å²) in [4.78, 5) is 14.5. The van der Waals surface area contributed by atoms with E-state index in [1.807, 2.05) is 23.1 Å². The zero-order chi connectivity index (χ0) is 14.9. The van der Waals surface area contributed by atoms with Gasteiger partial charge < -0.3 is 10.6 Å². The highest BCUT2D eigenvalue weighted by molar-refractivity contribution is 5.85. The molecular weight excluding hydrogens is 296 g/mol. The van der Waals surface area contributed by atoms with Crippen LogP contribution in [-0.4, -0.2) is 30.4 Å². The van der Waals surface area contributed by atoms with Crippen LogP contribution in [0.4, 0.5) is 0 Å². The first-order valence-corrected chi connectivity index (χ1v) is 8.31. The third kappa shape index (κ3) is 6.37. The first-order valence-electron chi connectivity index (χ1n) is 8.31. The minimum Gasteiger partial charge on any atom is -0.341 e. The lowest BCUT2D eigenvalue weighted by Crippen LogP contribution is -2.38. The van der Waals surface area contributed by atoms with Gasteiger partial charge >= 0.3 is 0 Å². The summed E-state index contributed by atoms with van der Waals surface area (Å²) >= 11 is 0. The Hall–Kier alpha value is -1.06. The summed E-state index contributed by atoms with van der Waals surface area (Å²) in [6.07, 6.45) is 8.00. The molecule has 1 aliphatic carbocycles. The molecule has 1 aromatic carbocycles. The number of hydrogen-bond acceptors (Lipinski definition) is 2. The van der Waals surface area contributed by atoms with Gasteiger partial charge in [-0.2, -0.15) is 0 Å². The Labute approximate surface area is 140 Å². The number of rotatable bonds is 7. The third-order valence-electron chi connectivity index (χ3n) is 4.45. The lowest BCUT2D eigenvalue weighted by molar-refractivity contribution is -0.132. The summed E-state index contributed by atoms with van der Waals surface area (Å²) < 4.78 is 0. The molecule has 1 saturated carbocycles. The Morgan fingerprint density at radius 3 is 2.41 bits per heavy atom. The van der Waals surface area contributed by atoms with E-state index in [0.717, 1.165) is 19.4 Å². The van der Waals surface area contributed by atoms with Gasteiger partial charge in [0.1, 0.15) is 0 Å². The summed E-state index contributed by atoms with van der Waals surface area (Å²) in [6.45, 7) is 2.01. The van der Waals surface area contributed by atoms with E-state index in [-0.39, 0.29) is 12.4 Å². The van der Waals surface area contributed by atoms with Crippen molar-refractivity contribution in [2.75, 3.05) is 19.6 Å². The fraction of sp³-hybridized carbons (Fsp3) is 0.611. The molecule has 0 aliphatic heterocycles. The zero-order valence-corrected chi connectivity index (χ0v) is 14.2. The summed E-state index contributed by atoms with van der Waals surface area (Å²) in [6, 6.07) is 10.4. The molecular formula is C18H29ClN2O. The van der Waals surface area contributed by atoms with E-state index in [1.165, 1.54) is 37.7 Å². The number of nitrogens with zero attached hydrogens (tertiary/aromatic N) is 1. The van der Waals surface area contributed by atoms with Crippen LogP contribution in [0, 0.1) is 5.92 Å². The lowest BCUT2D eigenvalue weighted by Gasteiger charge is -2.26. The quantitative estimate of drug-likeness (QED) is 0.835. The highest BCUT2D eigenvalue weighted by Gasteiger charge is 2.20. The van der Waals surface area contributed by atoms with Crippen molar-refractivity contribution in [2.24, 2.45) is 11.7 Å². The smallest absolute Gasteiger partial charge is 0.222 e. The summed E-state index contributed by atoms with van der Waals surface area (Å²) in [5, 5.41) is 0. The summed E-state index contributed by atoms with van der Waals surface area (Å²) in [7, 11) is 0. The molecule has 3 nitrogen and oxygen atoms in total. The van der Waals surface area contributed by atoms with Crippen molar-refractivity contribution >= 4 is 18.3 Å². The SMILES string of the molecule is Cl.NCCN(CCc1ccccc1)C(=O)CC1CCCCC1. The van der Waals surface area contributed by atoms with Gasteiger partial charge in [-0.3, -0.25) is 4.79 Å². The summed E-state index contributed by atoms with van der Waals surface area (Å²) in [5.74, 6) is 0.895. The molecule has 0 aromatic heterocycles. The largest absolute Gasteiger partial charge is 0.341 e. The average Bonchev–Trinajstić information content (AvgIpc) is 2.53. The molecule has 0 heterocycles. The molecule has 22 heavy (non-hydrogen) atoms. The van der Waals surface area contributed by atoms with Crippen molar-refractivity contribution in [1.29, 1.82) is 0 Å². The van der Waals surface area contributed by atoms with Crippen molar-refractivity contribution in [1.82, 2.24) is 4.90 Å². The van der Waals surface area contributed by atoms with Crippen LogP contribution in [0.3, 0.4) is 0 Å². The second-order valence-corrected chi connectivity index (χ2v) is 6.11. The molecule has 4 heteroatoms. The maximum Gasteiger partial charge on any atom is 0.222 e. The molecule has 124 valence electrons. The van der Waals surface area contributed by atoms with Gasteiger partial charge in [0, 0.05) is 26.1 Å². The molecule has 1 aliphatic rings. The van der Waals surface area contributed by atoms with Crippen LogP contribution in [0.15, 0.2) is 30.3 Å². The van der Waals surface area contributed by atoms with Gasteiger partial charge in [0.15, 0.2) is 0 Å². The second kappa shape index (κ2) is 10.6. The normalized spacial score (nSPS) is 15.1. The monoisotopic (exact) mass is 324 g/mol. The van der Waals surface area contributed by atoms with E-state index in [0.29, 0.717) is 24.9 Å². The number of benzene rings is 1. The number of nitrogens with two attached hydrogens (primary N) is 1. The van der Waals surface area contributed by atoms with E-state index in [2.05, 4.69) is 12.1 Å².